The molecule has 1 aliphatic heterocycles. The lowest BCUT2D eigenvalue weighted by atomic mass is 9.92. The Morgan fingerprint density at radius 3 is 2.47 bits per heavy atom. The fraction of sp³-hybridized carbons (Fsp3) is 0.680. The second-order valence-electron chi connectivity index (χ2n) is 9.23. The van der Waals surface area contributed by atoms with E-state index in [1.165, 1.54) is 30.4 Å². The summed E-state index contributed by atoms with van der Waals surface area (Å²) in [6.45, 7) is 8.72. The Morgan fingerprint density at radius 2 is 1.80 bits per heavy atom. The zero-order valence-corrected chi connectivity index (χ0v) is 19.9. The fourth-order valence-electron chi connectivity index (χ4n) is 4.35. The monoisotopic (exact) mass is 430 g/mol. The standard InChI is InChI=1S/C25H38N2O2S/c1-17(2)19-11-10-12-20(18(3)4)24(19)27-23(28)15-6-5-9-16-30-25-26-21-13-7-8-14-22(21)29-25/h10-12,17-18,21-22H,5-9,13-16H2,1-4H3,(H,27,28)/t21-,22+/m1/s1. The summed E-state index contributed by atoms with van der Waals surface area (Å²) in [5.74, 6) is 1.93. The van der Waals surface area contributed by atoms with Gasteiger partial charge in [0.05, 0.1) is 6.04 Å². The van der Waals surface area contributed by atoms with Crippen LogP contribution in [0.5, 0.6) is 0 Å². The molecule has 166 valence electrons. The number of unbranched alkanes of at least 4 members (excludes halogenated alkanes) is 2. The van der Waals surface area contributed by atoms with E-state index in [1.807, 2.05) is 0 Å². The van der Waals surface area contributed by atoms with Gasteiger partial charge in [0, 0.05) is 17.9 Å². The summed E-state index contributed by atoms with van der Waals surface area (Å²) >= 11 is 1.75. The molecule has 4 nitrogen and oxygen atoms in total. The Morgan fingerprint density at radius 1 is 1.10 bits per heavy atom. The summed E-state index contributed by atoms with van der Waals surface area (Å²) in [4.78, 5) is 17.3. The Labute approximate surface area is 186 Å². The largest absolute Gasteiger partial charge is 0.467 e. The van der Waals surface area contributed by atoms with Gasteiger partial charge in [0.2, 0.25) is 11.1 Å². The number of fused-ring (bicyclic) bond motifs is 1. The van der Waals surface area contributed by atoms with Crippen LogP contribution in [0.25, 0.3) is 0 Å². The third kappa shape index (κ3) is 6.26. The Balaban J connectivity index is 1.38. The minimum absolute atomic E-state index is 0.130. The van der Waals surface area contributed by atoms with Crippen LogP contribution in [0.2, 0.25) is 0 Å². The third-order valence-electron chi connectivity index (χ3n) is 6.10. The molecule has 2 atom stereocenters. The predicted octanol–water partition coefficient (Wildman–Crippen LogP) is 6.86. The first-order valence-corrected chi connectivity index (χ1v) is 12.7. The number of amides is 1. The number of nitrogens with zero attached hydrogens (tertiary/aromatic N) is 1. The summed E-state index contributed by atoms with van der Waals surface area (Å²) in [5.41, 5.74) is 3.48. The van der Waals surface area contributed by atoms with Crippen LogP contribution in [0.4, 0.5) is 5.69 Å². The highest BCUT2D eigenvalue weighted by Gasteiger charge is 2.32. The number of carbonyl (C=O) groups is 1. The number of para-hydroxylation sites is 1. The van der Waals surface area contributed by atoms with Gasteiger partial charge in [-0.15, -0.1) is 0 Å². The number of rotatable bonds is 9. The predicted molar refractivity (Wildman–Crippen MR) is 129 cm³/mol. The first-order valence-electron chi connectivity index (χ1n) is 11.8. The molecule has 0 aromatic heterocycles. The molecule has 0 radical (unpaired) electrons. The van der Waals surface area contributed by atoms with E-state index in [1.54, 1.807) is 11.8 Å². The van der Waals surface area contributed by atoms with Gasteiger partial charge >= 0.3 is 0 Å². The average Bonchev–Trinajstić information content (AvgIpc) is 3.13. The highest BCUT2D eigenvalue weighted by molar-refractivity contribution is 8.13. The van der Waals surface area contributed by atoms with E-state index in [0.29, 0.717) is 30.4 Å². The molecule has 2 aliphatic rings. The Bertz CT molecular complexity index is 718. The number of aliphatic imine (C=N–C) groups is 1. The van der Waals surface area contributed by atoms with Crippen molar-refractivity contribution in [3.63, 3.8) is 0 Å². The van der Waals surface area contributed by atoms with Gasteiger partial charge in [-0.05, 0) is 55.1 Å². The van der Waals surface area contributed by atoms with Crippen LogP contribution in [-0.2, 0) is 9.53 Å². The van der Waals surface area contributed by atoms with Crippen LogP contribution in [0.3, 0.4) is 0 Å². The quantitative estimate of drug-likeness (QED) is 0.435. The van der Waals surface area contributed by atoms with E-state index in [-0.39, 0.29) is 5.91 Å². The van der Waals surface area contributed by atoms with Crippen molar-refractivity contribution in [3.8, 4) is 0 Å². The average molecular weight is 431 g/mol. The van der Waals surface area contributed by atoms with Crippen molar-refractivity contribution in [1.82, 2.24) is 0 Å². The summed E-state index contributed by atoms with van der Waals surface area (Å²) in [7, 11) is 0. The minimum Gasteiger partial charge on any atom is -0.467 e. The van der Waals surface area contributed by atoms with Crippen molar-refractivity contribution < 1.29 is 9.53 Å². The number of nitrogens with one attached hydrogen (secondary N) is 1. The molecule has 0 saturated heterocycles. The maximum Gasteiger partial charge on any atom is 0.246 e. The normalized spacial score (nSPS) is 20.8. The van der Waals surface area contributed by atoms with Crippen LogP contribution in [-0.4, -0.2) is 29.0 Å². The maximum absolute atomic E-state index is 12.6. The number of hydrogen-bond acceptors (Lipinski definition) is 4. The summed E-state index contributed by atoms with van der Waals surface area (Å²) in [6.07, 6.45) is 8.90. The van der Waals surface area contributed by atoms with Crippen LogP contribution in [0.15, 0.2) is 23.2 Å². The van der Waals surface area contributed by atoms with Crippen LogP contribution in [0, 0.1) is 0 Å². The first-order chi connectivity index (χ1) is 14.5. The van der Waals surface area contributed by atoms with E-state index >= 15 is 0 Å². The van der Waals surface area contributed by atoms with Crippen molar-refractivity contribution in [1.29, 1.82) is 0 Å². The van der Waals surface area contributed by atoms with E-state index < -0.39 is 0 Å². The molecule has 1 N–H and O–H groups in total. The molecule has 1 aromatic rings. The lowest BCUT2D eigenvalue weighted by molar-refractivity contribution is -0.116. The van der Waals surface area contributed by atoms with Crippen molar-refractivity contribution >= 4 is 28.6 Å². The lowest BCUT2D eigenvalue weighted by Gasteiger charge is -2.21. The van der Waals surface area contributed by atoms with Crippen molar-refractivity contribution in [3.05, 3.63) is 29.3 Å². The van der Waals surface area contributed by atoms with Gasteiger partial charge in [0.1, 0.15) is 6.10 Å². The SMILES string of the molecule is CC(C)c1cccc(C(C)C)c1NC(=O)CCCCCSC1=N[C@@H]2CCCC[C@@H]2O1. The zero-order valence-electron chi connectivity index (χ0n) is 19.1. The fourth-order valence-corrected chi connectivity index (χ4v) is 5.27. The van der Waals surface area contributed by atoms with Crippen LogP contribution in [0.1, 0.15) is 102 Å². The summed E-state index contributed by atoms with van der Waals surface area (Å²) in [5, 5.41) is 4.12. The Kier molecular flexibility index (Phi) is 8.67. The minimum atomic E-state index is 0.130. The zero-order chi connectivity index (χ0) is 21.5. The van der Waals surface area contributed by atoms with Gasteiger partial charge < -0.3 is 10.1 Å². The number of hydrogen-bond donors (Lipinski definition) is 1. The molecule has 30 heavy (non-hydrogen) atoms. The second-order valence-corrected chi connectivity index (χ2v) is 10.3. The first kappa shape index (κ1) is 23.2. The molecular weight excluding hydrogens is 392 g/mol. The van der Waals surface area contributed by atoms with Gasteiger partial charge in [-0.25, -0.2) is 4.99 Å². The highest BCUT2D eigenvalue weighted by atomic mass is 32.2. The number of carbonyl (C=O) groups excluding carboxylic acids is 1. The second kappa shape index (κ2) is 11.2. The van der Waals surface area contributed by atoms with Crippen LogP contribution < -0.4 is 5.32 Å². The number of thioether (sulfide) groups is 1. The van der Waals surface area contributed by atoms with E-state index in [4.69, 9.17) is 9.73 Å². The molecule has 1 saturated carbocycles. The Hall–Kier alpha value is -1.49. The van der Waals surface area contributed by atoms with Gasteiger partial charge in [0.15, 0.2) is 0 Å². The van der Waals surface area contributed by atoms with E-state index in [2.05, 4.69) is 51.2 Å². The molecule has 1 heterocycles. The lowest BCUT2D eigenvalue weighted by Crippen LogP contribution is -2.25. The topological polar surface area (TPSA) is 50.7 Å². The van der Waals surface area contributed by atoms with Gasteiger partial charge in [-0.1, -0.05) is 70.5 Å². The highest BCUT2D eigenvalue weighted by Crippen LogP contribution is 2.33. The summed E-state index contributed by atoms with van der Waals surface area (Å²) in [6, 6.07) is 6.78. The molecule has 0 unspecified atom stereocenters. The molecule has 1 fully saturated rings. The van der Waals surface area contributed by atoms with Crippen LogP contribution >= 0.6 is 11.8 Å². The van der Waals surface area contributed by atoms with Gasteiger partial charge in [0.25, 0.3) is 0 Å². The third-order valence-corrected chi connectivity index (χ3v) is 7.04. The molecular formula is C25H38N2O2S. The number of anilines is 1. The number of benzene rings is 1. The van der Waals surface area contributed by atoms with E-state index in [9.17, 15) is 4.79 Å². The molecule has 1 aliphatic carbocycles. The molecule has 1 amide bonds. The van der Waals surface area contributed by atoms with Crippen molar-refractivity contribution in [2.75, 3.05) is 11.1 Å². The molecule has 5 heteroatoms. The van der Waals surface area contributed by atoms with E-state index in [0.717, 1.165) is 42.4 Å². The number of ether oxygens (including phenoxy) is 1. The maximum atomic E-state index is 12.6. The smallest absolute Gasteiger partial charge is 0.246 e. The van der Waals surface area contributed by atoms with Gasteiger partial charge in [-0.3, -0.25) is 4.79 Å². The van der Waals surface area contributed by atoms with Crippen molar-refractivity contribution in [2.24, 2.45) is 4.99 Å². The summed E-state index contributed by atoms with van der Waals surface area (Å²) < 4.78 is 5.99. The molecule has 0 spiro atoms. The van der Waals surface area contributed by atoms with Gasteiger partial charge in [-0.2, -0.15) is 0 Å². The molecule has 1 aromatic carbocycles. The molecule has 3 rings (SSSR count). The molecule has 0 bridgehead atoms. The van der Waals surface area contributed by atoms with Crippen molar-refractivity contribution in [2.45, 2.75) is 103 Å².